The molecule has 0 spiro atoms. The number of nitrogen functional groups attached to an aromatic ring is 1. The Kier molecular flexibility index (Phi) is 7.56. The lowest BCUT2D eigenvalue weighted by molar-refractivity contribution is 0.0868. The van der Waals surface area contributed by atoms with Crippen LogP contribution in [0.2, 0.25) is 0 Å². The molecule has 9 heteroatoms. The number of nitrogens with zero attached hydrogens (tertiary/aromatic N) is 2. The maximum atomic E-state index is 12.9. The molecule has 37 heavy (non-hydrogen) atoms. The fourth-order valence-electron chi connectivity index (χ4n) is 6.20. The number of hydrogen-bond donors (Lipinski definition) is 3. The molecule has 5 rings (SSSR count). The summed E-state index contributed by atoms with van der Waals surface area (Å²) in [6, 6.07) is 10.7. The molecule has 2 aromatic rings. The first-order chi connectivity index (χ1) is 17.7. The van der Waals surface area contributed by atoms with Crippen molar-refractivity contribution in [2.45, 2.75) is 69.6 Å². The number of amides is 1. The van der Waals surface area contributed by atoms with Crippen LogP contribution in [-0.4, -0.2) is 72.1 Å². The van der Waals surface area contributed by atoms with Gasteiger partial charge >= 0.3 is 0 Å². The molecule has 3 aliphatic rings. The van der Waals surface area contributed by atoms with Crippen LogP contribution in [0.5, 0.6) is 0 Å². The number of hydrogen-bond acceptors (Lipinski definition) is 7. The van der Waals surface area contributed by atoms with Gasteiger partial charge in [0.15, 0.2) is 0 Å². The molecule has 200 valence electrons. The zero-order valence-electron chi connectivity index (χ0n) is 21.5. The van der Waals surface area contributed by atoms with Gasteiger partial charge in [0.1, 0.15) is 15.7 Å². The van der Waals surface area contributed by atoms with E-state index in [1.54, 1.807) is 12.3 Å². The van der Waals surface area contributed by atoms with Crippen LogP contribution >= 0.6 is 0 Å². The van der Waals surface area contributed by atoms with Gasteiger partial charge in [0.05, 0.1) is 23.2 Å². The lowest BCUT2D eigenvalue weighted by Crippen LogP contribution is -2.40. The monoisotopic (exact) mass is 526 g/mol. The summed E-state index contributed by atoms with van der Waals surface area (Å²) in [5.41, 5.74) is 9.53. The molecule has 1 aromatic carbocycles. The number of carbonyl (C=O) groups is 1. The van der Waals surface area contributed by atoms with E-state index in [1.807, 2.05) is 0 Å². The van der Waals surface area contributed by atoms with Crippen molar-refractivity contribution in [2.75, 3.05) is 30.3 Å². The highest BCUT2D eigenvalue weighted by atomic mass is 32.2. The number of nitrogens with two attached hydrogens (primary N) is 1. The summed E-state index contributed by atoms with van der Waals surface area (Å²) in [4.78, 5) is 19.7. The molecular weight excluding hydrogens is 488 g/mol. The van der Waals surface area contributed by atoms with Crippen molar-refractivity contribution < 1.29 is 18.3 Å². The maximum Gasteiger partial charge on any atom is 0.255 e. The van der Waals surface area contributed by atoms with Crippen molar-refractivity contribution in [1.82, 2.24) is 15.2 Å². The van der Waals surface area contributed by atoms with Gasteiger partial charge in [-0.1, -0.05) is 31.2 Å². The molecule has 8 nitrogen and oxygen atoms in total. The third-order valence-electron chi connectivity index (χ3n) is 8.55. The highest BCUT2D eigenvalue weighted by Gasteiger charge is 2.36. The average Bonchev–Trinajstić information content (AvgIpc) is 3.27. The van der Waals surface area contributed by atoms with Crippen LogP contribution in [0.3, 0.4) is 0 Å². The van der Waals surface area contributed by atoms with Crippen LogP contribution in [-0.2, 0) is 9.84 Å². The van der Waals surface area contributed by atoms with Gasteiger partial charge in [-0.15, -0.1) is 0 Å². The lowest BCUT2D eigenvalue weighted by atomic mass is 9.89. The number of aliphatic hydroxyl groups is 1. The Morgan fingerprint density at radius 3 is 2.38 bits per heavy atom. The van der Waals surface area contributed by atoms with E-state index < -0.39 is 9.84 Å². The standard InChI is InChI=1S/C28H38N4O4S/c1-18-16-32(23-10-12-37(35,36)13-11-23)17-26(18)20-4-2-19(3-5-20)21-14-25(27(29)30-15-21)28(34)31-22-6-8-24(33)9-7-22/h2-5,14-15,18,22-24,26,33H,6-13,16-17H2,1H3,(H2,29,30)(H,31,34)/t18-,22?,24?,26-/m1/s1. The number of rotatable bonds is 5. The van der Waals surface area contributed by atoms with Gasteiger partial charge < -0.3 is 16.2 Å². The first kappa shape index (κ1) is 26.1. The van der Waals surface area contributed by atoms with Crippen LogP contribution < -0.4 is 11.1 Å². The Morgan fingerprint density at radius 1 is 1.03 bits per heavy atom. The molecule has 2 saturated heterocycles. The summed E-state index contributed by atoms with van der Waals surface area (Å²) in [5, 5.41) is 12.8. The van der Waals surface area contributed by atoms with Gasteiger partial charge in [0.2, 0.25) is 0 Å². The highest BCUT2D eigenvalue weighted by Crippen LogP contribution is 2.36. The van der Waals surface area contributed by atoms with E-state index >= 15 is 0 Å². The zero-order valence-corrected chi connectivity index (χ0v) is 22.3. The first-order valence-electron chi connectivity index (χ1n) is 13.5. The molecule has 1 aromatic heterocycles. The predicted octanol–water partition coefficient (Wildman–Crippen LogP) is 2.98. The summed E-state index contributed by atoms with van der Waals surface area (Å²) >= 11 is 0. The molecule has 3 fully saturated rings. The van der Waals surface area contributed by atoms with E-state index in [-0.39, 0.29) is 23.9 Å². The molecule has 3 heterocycles. The second-order valence-corrected chi connectivity index (χ2v) is 13.5. The van der Waals surface area contributed by atoms with E-state index in [0.29, 0.717) is 47.8 Å². The predicted molar refractivity (Wildman–Crippen MR) is 145 cm³/mol. The number of aromatic nitrogens is 1. The average molecular weight is 527 g/mol. The number of anilines is 1. The van der Waals surface area contributed by atoms with E-state index in [1.165, 1.54) is 5.56 Å². The Labute approximate surface area is 219 Å². The first-order valence-corrected chi connectivity index (χ1v) is 15.3. The molecule has 4 N–H and O–H groups in total. The lowest BCUT2D eigenvalue weighted by Gasteiger charge is -2.31. The summed E-state index contributed by atoms with van der Waals surface area (Å²) in [7, 11) is -2.85. The van der Waals surface area contributed by atoms with Gasteiger partial charge in [0.25, 0.3) is 5.91 Å². The minimum absolute atomic E-state index is 0.0456. The smallest absolute Gasteiger partial charge is 0.255 e. The molecule has 0 bridgehead atoms. The third kappa shape index (κ3) is 5.99. The zero-order chi connectivity index (χ0) is 26.2. The third-order valence-corrected chi connectivity index (χ3v) is 10.3. The van der Waals surface area contributed by atoms with Gasteiger partial charge in [-0.2, -0.15) is 0 Å². The van der Waals surface area contributed by atoms with Crippen LogP contribution in [0.15, 0.2) is 36.5 Å². The van der Waals surface area contributed by atoms with E-state index in [9.17, 15) is 18.3 Å². The number of pyridine rings is 1. The van der Waals surface area contributed by atoms with E-state index in [2.05, 4.69) is 46.4 Å². The number of nitrogens with one attached hydrogen (secondary N) is 1. The fourth-order valence-corrected chi connectivity index (χ4v) is 7.67. The summed E-state index contributed by atoms with van der Waals surface area (Å²) in [6.07, 6.45) is 5.83. The quantitative estimate of drug-likeness (QED) is 0.547. The van der Waals surface area contributed by atoms with Crippen LogP contribution in [0.1, 0.15) is 67.3 Å². The summed E-state index contributed by atoms with van der Waals surface area (Å²) in [5.74, 6) is 1.51. The Balaban J connectivity index is 1.25. The molecule has 0 unspecified atom stereocenters. The number of likely N-dealkylation sites (tertiary alicyclic amines) is 1. The number of carbonyl (C=O) groups excluding carboxylic acids is 1. The summed E-state index contributed by atoms with van der Waals surface area (Å²) < 4.78 is 23.7. The van der Waals surface area contributed by atoms with Crippen molar-refractivity contribution in [3.8, 4) is 11.1 Å². The van der Waals surface area contributed by atoms with Crippen molar-refractivity contribution >= 4 is 21.6 Å². The SMILES string of the molecule is C[C@@H]1CN(C2CCS(=O)(=O)CC2)C[C@H]1c1ccc(-c2cnc(N)c(C(=O)NC3CCC(O)CC3)c2)cc1. The molecule has 2 aliphatic heterocycles. The maximum absolute atomic E-state index is 12.9. The number of benzene rings is 1. The Bertz CT molecular complexity index is 1210. The number of aliphatic hydroxyl groups excluding tert-OH is 1. The van der Waals surface area contributed by atoms with E-state index in [0.717, 1.165) is 49.9 Å². The Morgan fingerprint density at radius 2 is 1.70 bits per heavy atom. The molecule has 0 radical (unpaired) electrons. The minimum atomic E-state index is -2.85. The Hall–Kier alpha value is -2.49. The molecule has 1 amide bonds. The van der Waals surface area contributed by atoms with Crippen molar-refractivity contribution in [2.24, 2.45) is 5.92 Å². The normalized spacial score (nSPS) is 28.7. The van der Waals surface area contributed by atoms with Crippen LogP contribution in [0.4, 0.5) is 5.82 Å². The topological polar surface area (TPSA) is 126 Å². The van der Waals surface area contributed by atoms with Crippen LogP contribution in [0, 0.1) is 5.92 Å². The van der Waals surface area contributed by atoms with Gasteiger partial charge in [-0.05, 0) is 61.6 Å². The van der Waals surface area contributed by atoms with Gasteiger partial charge in [-0.25, -0.2) is 13.4 Å². The molecule has 1 aliphatic carbocycles. The number of sulfone groups is 1. The van der Waals surface area contributed by atoms with Crippen LogP contribution in [0.25, 0.3) is 11.1 Å². The molecular formula is C28H38N4O4S. The second kappa shape index (κ2) is 10.7. The minimum Gasteiger partial charge on any atom is -0.393 e. The molecule has 2 atom stereocenters. The second-order valence-electron chi connectivity index (χ2n) is 11.2. The van der Waals surface area contributed by atoms with Crippen molar-refractivity contribution in [3.63, 3.8) is 0 Å². The van der Waals surface area contributed by atoms with Gasteiger partial charge in [0, 0.05) is 42.9 Å². The van der Waals surface area contributed by atoms with Gasteiger partial charge in [-0.3, -0.25) is 9.69 Å². The van der Waals surface area contributed by atoms with Crippen molar-refractivity contribution in [1.29, 1.82) is 0 Å². The highest BCUT2D eigenvalue weighted by molar-refractivity contribution is 7.91. The van der Waals surface area contributed by atoms with Crippen molar-refractivity contribution in [3.05, 3.63) is 47.7 Å². The summed E-state index contributed by atoms with van der Waals surface area (Å²) in [6.45, 7) is 4.23. The molecule has 1 saturated carbocycles. The largest absolute Gasteiger partial charge is 0.393 e. The van der Waals surface area contributed by atoms with E-state index in [4.69, 9.17) is 5.73 Å². The fraction of sp³-hybridized carbons (Fsp3) is 0.571.